The first-order valence-corrected chi connectivity index (χ1v) is 7.78. The summed E-state index contributed by atoms with van der Waals surface area (Å²) in [7, 11) is 1.87. The van der Waals surface area contributed by atoms with Crippen LogP contribution in [0.3, 0.4) is 0 Å². The third-order valence-electron chi connectivity index (χ3n) is 3.67. The van der Waals surface area contributed by atoms with Gasteiger partial charge in [-0.05, 0) is 24.8 Å². The number of aromatic nitrogens is 3. The van der Waals surface area contributed by atoms with Gasteiger partial charge >= 0.3 is 0 Å². The SMILES string of the molecule is Cn1cc(CC(=O)N2CCCCC2c2nccs2)cn1. The standard InChI is InChI=1S/C14H18N4OS/c1-17-10-11(9-16-17)8-13(19)18-6-3-2-4-12(18)14-15-5-7-20-14/h5,7,9-10,12H,2-4,6,8H2,1H3. The van der Waals surface area contributed by atoms with E-state index in [9.17, 15) is 4.79 Å². The molecule has 1 unspecified atom stereocenters. The fourth-order valence-electron chi connectivity index (χ4n) is 2.73. The molecule has 1 saturated heterocycles. The predicted octanol–water partition coefficient (Wildman–Crippen LogP) is 2.17. The topological polar surface area (TPSA) is 51.0 Å². The number of hydrogen-bond donors (Lipinski definition) is 0. The largest absolute Gasteiger partial charge is 0.333 e. The van der Waals surface area contributed by atoms with Crippen molar-refractivity contribution in [1.82, 2.24) is 19.7 Å². The molecule has 3 rings (SSSR count). The summed E-state index contributed by atoms with van der Waals surface area (Å²) in [4.78, 5) is 18.9. The van der Waals surface area contributed by atoms with Crippen molar-refractivity contribution in [3.63, 3.8) is 0 Å². The van der Waals surface area contributed by atoms with Gasteiger partial charge in [-0.3, -0.25) is 9.48 Å². The lowest BCUT2D eigenvalue weighted by Gasteiger charge is -2.34. The number of hydrogen-bond acceptors (Lipinski definition) is 4. The van der Waals surface area contributed by atoms with Gasteiger partial charge in [0.05, 0.1) is 18.7 Å². The smallest absolute Gasteiger partial charge is 0.227 e. The molecule has 6 heteroatoms. The number of amides is 1. The van der Waals surface area contributed by atoms with Crippen LogP contribution in [-0.2, 0) is 18.3 Å². The summed E-state index contributed by atoms with van der Waals surface area (Å²) in [6, 6.07) is 0.160. The van der Waals surface area contributed by atoms with Crippen LogP contribution in [0.2, 0.25) is 0 Å². The highest BCUT2D eigenvalue weighted by Crippen LogP contribution is 2.32. The average Bonchev–Trinajstić information content (AvgIpc) is 3.10. The lowest BCUT2D eigenvalue weighted by atomic mass is 10.0. The van der Waals surface area contributed by atoms with Crippen LogP contribution >= 0.6 is 11.3 Å². The van der Waals surface area contributed by atoms with Gasteiger partial charge in [-0.15, -0.1) is 11.3 Å². The average molecular weight is 290 g/mol. The van der Waals surface area contributed by atoms with Gasteiger partial charge in [0.2, 0.25) is 5.91 Å². The van der Waals surface area contributed by atoms with Gasteiger partial charge in [0, 0.05) is 31.4 Å². The number of likely N-dealkylation sites (tertiary alicyclic amines) is 1. The zero-order valence-corrected chi connectivity index (χ0v) is 12.3. The van der Waals surface area contributed by atoms with Crippen molar-refractivity contribution in [3.05, 3.63) is 34.5 Å². The summed E-state index contributed by atoms with van der Waals surface area (Å²) in [5.41, 5.74) is 0.973. The molecule has 1 aliphatic rings. The molecule has 0 N–H and O–H groups in total. The molecule has 0 bridgehead atoms. The summed E-state index contributed by atoms with van der Waals surface area (Å²) in [6.45, 7) is 0.837. The van der Waals surface area contributed by atoms with E-state index in [1.54, 1.807) is 22.2 Å². The van der Waals surface area contributed by atoms with Crippen LogP contribution in [0.4, 0.5) is 0 Å². The first-order chi connectivity index (χ1) is 9.74. The zero-order valence-electron chi connectivity index (χ0n) is 11.5. The van der Waals surface area contributed by atoms with Crippen LogP contribution < -0.4 is 0 Å². The molecule has 2 aromatic heterocycles. The van der Waals surface area contributed by atoms with Crippen LogP contribution in [0, 0.1) is 0 Å². The van der Waals surface area contributed by atoms with Gasteiger partial charge in [0.15, 0.2) is 0 Å². The predicted molar refractivity (Wildman–Crippen MR) is 77.3 cm³/mol. The maximum Gasteiger partial charge on any atom is 0.227 e. The van der Waals surface area contributed by atoms with Gasteiger partial charge in [0.1, 0.15) is 5.01 Å². The Kier molecular flexibility index (Phi) is 3.82. The second-order valence-electron chi connectivity index (χ2n) is 5.17. The molecular weight excluding hydrogens is 272 g/mol. The Balaban J connectivity index is 1.74. The molecule has 0 aliphatic carbocycles. The number of piperidine rings is 1. The van der Waals surface area contributed by atoms with E-state index in [1.807, 2.05) is 29.7 Å². The molecule has 2 aromatic rings. The Morgan fingerprint density at radius 3 is 3.10 bits per heavy atom. The highest BCUT2D eigenvalue weighted by Gasteiger charge is 2.29. The van der Waals surface area contributed by atoms with Crippen molar-refractivity contribution in [2.24, 2.45) is 7.05 Å². The molecule has 1 aliphatic heterocycles. The fourth-order valence-corrected chi connectivity index (χ4v) is 3.51. The summed E-state index contributed by atoms with van der Waals surface area (Å²) < 4.78 is 1.73. The van der Waals surface area contributed by atoms with Crippen molar-refractivity contribution in [2.45, 2.75) is 31.7 Å². The van der Waals surface area contributed by atoms with Crippen LogP contribution in [0.5, 0.6) is 0 Å². The third-order valence-corrected chi connectivity index (χ3v) is 4.55. The Morgan fingerprint density at radius 1 is 1.50 bits per heavy atom. The molecule has 20 heavy (non-hydrogen) atoms. The Hall–Kier alpha value is -1.69. The molecule has 106 valence electrons. The van der Waals surface area contributed by atoms with E-state index in [0.29, 0.717) is 6.42 Å². The molecule has 0 spiro atoms. The Labute approximate surface area is 122 Å². The molecule has 5 nitrogen and oxygen atoms in total. The van der Waals surface area contributed by atoms with Gasteiger partial charge in [0.25, 0.3) is 0 Å². The first kappa shape index (κ1) is 13.3. The summed E-state index contributed by atoms with van der Waals surface area (Å²) >= 11 is 1.64. The first-order valence-electron chi connectivity index (χ1n) is 6.90. The van der Waals surface area contributed by atoms with E-state index in [4.69, 9.17) is 0 Å². The molecule has 1 atom stereocenters. The number of aryl methyl sites for hydroxylation is 1. The highest BCUT2D eigenvalue weighted by atomic mass is 32.1. The minimum Gasteiger partial charge on any atom is -0.333 e. The van der Waals surface area contributed by atoms with E-state index in [0.717, 1.165) is 30.0 Å². The monoisotopic (exact) mass is 290 g/mol. The van der Waals surface area contributed by atoms with E-state index in [1.165, 1.54) is 6.42 Å². The Bertz CT molecular complexity index is 578. The fraction of sp³-hybridized carbons (Fsp3) is 0.500. The van der Waals surface area contributed by atoms with E-state index >= 15 is 0 Å². The van der Waals surface area contributed by atoms with E-state index in [2.05, 4.69) is 10.1 Å². The molecule has 0 radical (unpaired) electrons. The summed E-state index contributed by atoms with van der Waals surface area (Å²) in [5, 5.41) is 7.16. The number of carbonyl (C=O) groups is 1. The van der Waals surface area contributed by atoms with Crippen molar-refractivity contribution < 1.29 is 4.79 Å². The van der Waals surface area contributed by atoms with Gasteiger partial charge in [-0.1, -0.05) is 0 Å². The van der Waals surface area contributed by atoms with E-state index < -0.39 is 0 Å². The molecule has 0 saturated carbocycles. The second kappa shape index (κ2) is 5.75. The minimum atomic E-state index is 0.160. The maximum absolute atomic E-state index is 12.5. The summed E-state index contributed by atoms with van der Waals surface area (Å²) in [6.07, 6.45) is 9.18. The number of rotatable bonds is 3. The van der Waals surface area contributed by atoms with Gasteiger partial charge in [-0.2, -0.15) is 5.10 Å². The molecule has 3 heterocycles. The van der Waals surface area contributed by atoms with E-state index in [-0.39, 0.29) is 11.9 Å². The Morgan fingerprint density at radius 2 is 2.40 bits per heavy atom. The second-order valence-corrected chi connectivity index (χ2v) is 6.09. The molecule has 1 amide bonds. The third kappa shape index (κ3) is 2.75. The van der Waals surface area contributed by atoms with Crippen LogP contribution in [0.15, 0.2) is 24.0 Å². The van der Waals surface area contributed by atoms with Crippen molar-refractivity contribution in [3.8, 4) is 0 Å². The molecule has 0 aromatic carbocycles. The number of carbonyl (C=O) groups excluding carboxylic acids is 1. The van der Waals surface area contributed by atoms with Crippen molar-refractivity contribution in [2.75, 3.05) is 6.54 Å². The van der Waals surface area contributed by atoms with Crippen molar-refractivity contribution in [1.29, 1.82) is 0 Å². The van der Waals surface area contributed by atoms with Crippen LogP contribution in [0.25, 0.3) is 0 Å². The maximum atomic E-state index is 12.5. The highest BCUT2D eigenvalue weighted by molar-refractivity contribution is 7.09. The zero-order chi connectivity index (χ0) is 13.9. The lowest BCUT2D eigenvalue weighted by Crippen LogP contribution is -2.39. The van der Waals surface area contributed by atoms with Gasteiger partial charge < -0.3 is 4.90 Å². The van der Waals surface area contributed by atoms with Crippen molar-refractivity contribution >= 4 is 17.2 Å². The number of nitrogens with zero attached hydrogens (tertiary/aromatic N) is 4. The normalized spacial score (nSPS) is 19.2. The number of thiazole rings is 1. The minimum absolute atomic E-state index is 0.160. The molecule has 1 fully saturated rings. The van der Waals surface area contributed by atoms with Gasteiger partial charge in [-0.25, -0.2) is 4.98 Å². The van der Waals surface area contributed by atoms with Crippen LogP contribution in [0.1, 0.15) is 35.9 Å². The summed E-state index contributed by atoms with van der Waals surface area (Å²) in [5.74, 6) is 0.179. The lowest BCUT2D eigenvalue weighted by molar-refractivity contribution is -0.134. The quantitative estimate of drug-likeness (QED) is 0.870. The molecular formula is C14H18N4OS. The van der Waals surface area contributed by atoms with Crippen LogP contribution in [-0.4, -0.2) is 32.1 Å².